The summed E-state index contributed by atoms with van der Waals surface area (Å²) in [4.78, 5) is 22.8. The number of ketones is 1. The van der Waals surface area contributed by atoms with Crippen molar-refractivity contribution in [2.45, 2.75) is 56.1 Å². The minimum absolute atomic E-state index is 0. The predicted molar refractivity (Wildman–Crippen MR) is 144 cm³/mol. The van der Waals surface area contributed by atoms with Gasteiger partial charge in [-0.25, -0.2) is 9.55 Å². The van der Waals surface area contributed by atoms with Crippen LogP contribution in [0.3, 0.4) is 0 Å². The number of H-pyrrole nitrogens is 1. The van der Waals surface area contributed by atoms with Gasteiger partial charge in [-0.3, -0.25) is 4.79 Å². The van der Waals surface area contributed by atoms with Gasteiger partial charge in [0, 0.05) is 27.4 Å². The summed E-state index contributed by atoms with van der Waals surface area (Å²) in [5.74, 6) is 2.66. The van der Waals surface area contributed by atoms with Crippen molar-refractivity contribution in [1.82, 2.24) is 9.97 Å². The molecular weight excluding hydrogens is 510 g/mol. The normalized spacial score (nSPS) is 15.6. The van der Waals surface area contributed by atoms with Crippen LogP contribution in [-0.2, 0) is 21.4 Å². The van der Waals surface area contributed by atoms with Crippen LogP contribution in [0.1, 0.15) is 50.1 Å². The Morgan fingerprint density at radius 1 is 1.03 bits per heavy atom. The van der Waals surface area contributed by atoms with Crippen molar-refractivity contribution in [1.29, 1.82) is 0 Å². The maximum absolute atomic E-state index is 13.1. The Morgan fingerprint density at radius 2 is 1.69 bits per heavy atom. The van der Waals surface area contributed by atoms with Crippen molar-refractivity contribution in [3.63, 3.8) is 0 Å². The molecule has 0 atom stereocenters. The van der Waals surface area contributed by atoms with Crippen molar-refractivity contribution < 1.29 is 26.5 Å². The highest BCUT2D eigenvalue weighted by atomic mass is 35.5. The van der Waals surface area contributed by atoms with Gasteiger partial charge in [0.25, 0.3) is 0 Å². The van der Waals surface area contributed by atoms with Gasteiger partial charge in [-0.05, 0) is 70.0 Å². The van der Waals surface area contributed by atoms with Gasteiger partial charge in [0.1, 0.15) is 17.0 Å². The minimum Gasteiger partial charge on any atom is -1.00 e. The summed E-state index contributed by atoms with van der Waals surface area (Å²) in [5, 5.41) is 0. The van der Waals surface area contributed by atoms with E-state index in [4.69, 9.17) is 9.72 Å². The lowest BCUT2D eigenvalue weighted by Gasteiger charge is -2.21. The fraction of sp³-hybridized carbons (Fsp3) is 0.321. The molecule has 4 aromatic rings. The molecule has 1 aliphatic rings. The fourth-order valence-corrected chi connectivity index (χ4v) is 7.31. The third kappa shape index (κ3) is 4.31. The van der Waals surface area contributed by atoms with Gasteiger partial charge in [0.05, 0.1) is 19.1 Å². The zero-order valence-electron chi connectivity index (χ0n) is 21.3. The average molecular weight is 540 g/mol. The summed E-state index contributed by atoms with van der Waals surface area (Å²) in [6.45, 7) is 10.2. The first-order valence-electron chi connectivity index (χ1n) is 11.7. The summed E-state index contributed by atoms with van der Waals surface area (Å²) in [6.07, 6.45) is 2.01. The predicted octanol–water partition coefficient (Wildman–Crippen LogP) is 3.24. The number of carbonyl (C=O) groups excluding carboxylic acids is 1. The maximum Gasteiger partial charge on any atom is 0.402 e. The number of imidazole rings is 1. The molecule has 0 saturated heterocycles. The number of hydrogen-bond acceptors (Lipinski definition) is 5. The van der Waals surface area contributed by atoms with E-state index in [2.05, 4.69) is 52.9 Å². The van der Waals surface area contributed by atoms with Crippen LogP contribution in [0.25, 0.3) is 17.0 Å². The Labute approximate surface area is 226 Å². The summed E-state index contributed by atoms with van der Waals surface area (Å²) in [6, 6.07) is 16.6. The fourth-order valence-electron chi connectivity index (χ4n) is 5.12. The Morgan fingerprint density at radius 3 is 2.36 bits per heavy atom. The second-order valence-electron chi connectivity index (χ2n) is 10.0. The van der Waals surface area contributed by atoms with Crippen LogP contribution < -0.4 is 21.7 Å². The van der Waals surface area contributed by atoms with Crippen LogP contribution in [0, 0.1) is 6.92 Å². The molecule has 5 nitrogen and oxygen atoms in total. The van der Waals surface area contributed by atoms with Crippen molar-refractivity contribution >= 4 is 38.4 Å². The Kier molecular flexibility index (Phi) is 7.21. The number of pyridine rings is 1. The number of aromatic amines is 1. The van der Waals surface area contributed by atoms with E-state index < -0.39 is 10.8 Å². The minimum atomic E-state index is -0.521. The summed E-state index contributed by atoms with van der Waals surface area (Å²) in [5.41, 5.74) is 5.15. The molecule has 0 amide bonds. The van der Waals surface area contributed by atoms with E-state index in [-0.39, 0.29) is 18.2 Å². The van der Waals surface area contributed by atoms with E-state index in [1.807, 2.05) is 46.0 Å². The van der Waals surface area contributed by atoms with Crippen molar-refractivity contribution in [2.24, 2.45) is 0 Å². The number of rotatable bonds is 6. The van der Waals surface area contributed by atoms with Gasteiger partial charge in [0.15, 0.2) is 11.3 Å². The first-order valence-corrected chi connectivity index (χ1v) is 14.0. The molecule has 0 spiro atoms. The summed E-state index contributed by atoms with van der Waals surface area (Å²) in [7, 11) is 5.25. The molecule has 0 saturated carbocycles. The lowest BCUT2D eigenvalue weighted by Crippen LogP contribution is -3.00. The van der Waals surface area contributed by atoms with E-state index in [1.54, 1.807) is 28.7 Å². The SMILES string of the molecule is COc1cc[n+](-c2nc3cc4c(cc3[nH]2)C(C)(C)C(=O)C4(C)C)c(CSSc2ccccc2)c1C.[Cl-]. The van der Waals surface area contributed by atoms with E-state index in [1.165, 1.54) is 4.90 Å². The number of ether oxygens (including phenoxy) is 1. The first-order chi connectivity index (χ1) is 16.6. The van der Waals surface area contributed by atoms with E-state index in [9.17, 15) is 4.79 Å². The number of methoxy groups -OCH3 is 1. The molecule has 0 radical (unpaired) electrons. The van der Waals surface area contributed by atoms with Gasteiger partial charge >= 0.3 is 5.95 Å². The van der Waals surface area contributed by atoms with Crippen LogP contribution in [-0.4, -0.2) is 22.9 Å². The van der Waals surface area contributed by atoms with Gasteiger partial charge in [-0.15, -0.1) is 0 Å². The summed E-state index contributed by atoms with van der Waals surface area (Å²) >= 11 is 0. The molecular formula is C28H30ClN3O2S2. The highest BCUT2D eigenvalue weighted by Crippen LogP contribution is 2.47. The number of benzene rings is 2. The zero-order valence-corrected chi connectivity index (χ0v) is 23.7. The Hall–Kier alpha value is -2.48. The number of hydrogen-bond donors (Lipinski definition) is 1. The molecule has 0 fully saturated rings. The quantitative estimate of drug-likeness (QED) is 0.301. The molecule has 2 aromatic heterocycles. The molecule has 0 unspecified atom stereocenters. The number of carbonyl (C=O) groups is 1. The van der Waals surface area contributed by atoms with Gasteiger partial charge in [-0.2, -0.15) is 0 Å². The largest absolute Gasteiger partial charge is 1.00 e. The Bertz CT molecular complexity index is 1390. The Balaban J connectivity index is 0.00000304. The van der Waals surface area contributed by atoms with E-state index in [0.29, 0.717) is 0 Å². The third-order valence-electron chi connectivity index (χ3n) is 7.10. The highest BCUT2D eigenvalue weighted by molar-refractivity contribution is 8.76. The lowest BCUT2D eigenvalue weighted by molar-refractivity contribution is -0.610. The molecule has 0 aliphatic heterocycles. The van der Waals surface area contributed by atoms with Crippen LogP contribution >= 0.6 is 21.6 Å². The number of aromatic nitrogens is 3. The molecule has 2 aromatic carbocycles. The third-order valence-corrected chi connectivity index (χ3v) is 9.36. The van der Waals surface area contributed by atoms with Crippen LogP contribution in [0.2, 0.25) is 0 Å². The topological polar surface area (TPSA) is 58.9 Å². The van der Waals surface area contributed by atoms with Crippen LogP contribution in [0.5, 0.6) is 5.75 Å². The number of Topliss-reactive ketones (excluding diaryl/α,β-unsaturated/α-hetero) is 1. The van der Waals surface area contributed by atoms with Crippen molar-refractivity contribution in [3.8, 4) is 11.7 Å². The average Bonchev–Trinajstić information content (AvgIpc) is 3.31. The molecule has 1 aliphatic carbocycles. The number of nitrogens with zero attached hydrogens (tertiary/aromatic N) is 2. The zero-order chi connectivity index (χ0) is 25.0. The molecule has 5 rings (SSSR count). The number of nitrogens with one attached hydrogen (secondary N) is 1. The molecule has 8 heteroatoms. The highest BCUT2D eigenvalue weighted by Gasteiger charge is 2.50. The number of fused-ring (bicyclic) bond motifs is 2. The molecule has 188 valence electrons. The van der Waals surface area contributed by atoms with E-state index in [0.717, 1.165) is 50.9 Å². The van der Waals surface area contributed by atoms with Gasteiger partial charge in [-0.1, -0.05) is 44.8 Å². The molecule has 0 bridgehead atoms. The smallest absolute Gasteiger partial charge is 0.402 e. The molecule has 36 heavy (non-hydrogen) atoms. The number of halogens is 1. The van der Waals surface area contributed by atoms with Gasteiger partial charge < -0.3 is 17.1 Å². The second-order valence-corrected chi connectivity index (χ2v) is 12.4. The van der Waals surface area contributed by atoms with Crippen LogP contribution in [0.15, 0.2) is 59.6 Å². The van der Waals surface area contributed by atoms with Crippen molar-refractivity contribution in [2.75, 3.05) is 7.11 Å². The monoisotopic (exact) mass is 539 g/mol. The standard InChI is InChI=1S/C28H30N3O2S2.ClH/c1-17-23(16-34-35-18-10-8-7-9-11-18)31(13-12-24(17)33-6)26-29-21-14-19-20(15-22(21)30-26)28(4,5)25(32)27(19,2)3;/h7-15H,16H2,1-6H3,(H,29,30);1H/q+1;/p-1. The van der Waals surface area contributed by atoms with Crippen molar-refractivity contribution in [3.05, 3.63) is 77.1 Å². The lowest BCUT2D eigenvalue weighted by atomic mass is 9.80. The molecule has 1 N–H and O–H groups in total. The first kappa shape index (κ1) is 26.6. The summed E-state index contributed by atoms with van der Waals surface area (Å²) < 4.78 is 7.73. The van der Waals surface area contributed by atoms with Crippen LogP contribution in [0.4, 0.5) is 0 Å². The maximum atomic E-state index is 13.1. The second kappa shape index (κ2) is 9.77. The van der Waals surface area contributed by atoms with E-state index >= 15 is 0 Å². The van der Waals surface area contributed by atoms with Gasteiger partial charge in [0.2, 0.25) is 0 Å². The molecule has 2 heterocycles.